The molecular weight excluding hydrogens is 242 g/mol. The van der Waals surface area contributed by atoms with E-state index in [1.807, 2.05) is 6.07 Å². The molecule has 17 heavy (non-hydrogen) atoms. The van der Waals surface area contributed by atoms with E-state index in [9.17, 15) is 13.2 Å². The van der Waals surface area contributed by atoms with Crippen molar-refractivity contribution in [3.63, 3.8) is 0 Å². The van der Waals surface area contributed by atoms with Crippen molar-refractivity contribution in [2.45, 2.75) is 18.7 Å². The number of carboxylic acids is 1. The normalized spacial score (nSPS) is 11.8. The van der Waals surface area contributed by atoms with E-state index in [2.05, 4.69) is 0 Å². The minimum Gasteiger partial charge on any atom is -0.480 e. The van der Waals surface area contributed by atoms with Crippen LogP contribution in [0.15, 0.2) is 23.1 Å². The van der Waals surface area contributed by atoms with Crippen LogP contribution in [0.2, 0.25) is 0 Å². The fourth-order valence-electron chi connectivity index (χ4n) is 1.54. The van der Waals surface area contributed by atoms with E-state index in [0.29, 0.717) is 0 Å². The number of benzene rings is 1. The third-order valence-corrected chi connectivity index (χ3v) is 4.04. The number of sulfonamides is 1. The van der Waals surface area contributed by atoms with Gasteiger partial charge in [0.25, 0.3) is 0 Å². The molecule has 0 radical (unpaired) electrons. The van der Waals surface area contributed by atoms with Gasteiger partial charge < -0.3 is 5.11 Å². The molecule has 0 spiro atoms. The van der Waals surface area contributed by atoms with Gasteiger partial charge in [0.05, 0.1) is 4.90 Å². The van der Waals surface area contributed by atoms with Crippen LogP contribution in [-0.4, -0.2) is 37.4 Å². The van der Waals surface area contributed by atoms with Crippen molar-refractivity contribution >= 4 is 16.0 Å². The summed E-state index contributed by atoms with van der Waals surface area (Å²) in [5.41, 5.74) is 1.65. The first-order valence-electron chi connectivity index (χ1n) is 5.00. The Balaban J connectivity index is 3.17. The molecule has 5 nitrogen and oxygen atoms in total. The van der Waals surface area contributed by atoms with Crippen LogP contribution >= 0.6 is 0 Å². The molecule has 0 saturated heterocycles. The molecule has 0 aliphatic carbocycles. The average Bonchev–Trinajstić information content (AvgIpc) is 2.14. The van der Waals surface area contributed by atoms with E-state index in [-0.39, 0.29) is 4.90 Å². The zero-order valence-electron chi connectivity index (χ0n) is 9.97. The number of hydrogen-bond acceptors (Lipinski definition) is 3. The second-order valence-electron chi connectivity index (χ2n) is 3.98. The maximum atomic E-state index is 12.0. The lowest BCUT2D eigenvalue weighted by Crippen LogP contribution is -2.32. The molecule has 0 saturated carbocycles. The molecule has 6 heteroatoms. The second kappa shape index (κ2) is 4.85. The van der Waals surface area contributed by atoms with Gasteiger partial charge >= 0.3 is 5.97 Å². The van der Waals surface area contributed by atoms with Gasteiger partial charge in [0.1, 0.15) is 6.54 Å². The molecule has 94 valence electrons. The molecule has 0 heterocycles. The largest absolute Gasteiger partial charge is 0.480 e. The van der Waals surface area contributed by atoms with Gasteiger partial charge in [0.15, 0.2) is 0 Å². The van der Waals surface area contributed by atoms with Crippen molar-refractivity contribution in [1.29, 1.82) is 0 Å². The van der Waals surface area contributed by atoms with Crippen molar-refractivity contribution in [1.82, 2.24) is 4.31 Å². The van der Waals surface area contributed by atoms with Crippen LogP contribution in [0.3, 0.4) is 0 Å². The number of carbonyl (C=O) groups is 1. The average molecular weight is 257 g/mol. The quantitative estimate of drug-likeness (QED) is 0.873. The predicted molar refractivity (Wildman–Crippen MR) is 63.4 cm³/mol. The summed E-state index contributed by atoms with van der Waals surface area (Å²) in [5.74, 6) is -1.18. The highest BCUT2D eigenvalue weighted by Gasteiger charge is 2.22. The minimum atomic E-state index is -3.73. The SMILES string of the molecule is Cc1cc(C)cc(S(=O)(=O)N(C)CC(=O)O)c1. The Labute approximate surface area is 101 Å². The standard InChI is InChI=1S/C11H15NO4S/c1-8-4-9(2)6-10(5-8)17(15,16)12(3)7-11(13)14/h4-6H,7H2,1-3H3,(H,13,14). The van der Waals surface area contributed by atoms with E-state index in [1.54, 1.807) is 13.8 Å². The van der Waals surface area contributed by atoms with Gasteiger partial charge in [-0.3, -0.25) is 4.79 Å². The number of aliphatic carboxylic acids is 1. The molecule has 1 rings (SSSR count). The number of hydrogen-bond donors (Lipinski definition) is 1. The Kier molecular flexibility index (Phi) is 3.90. The molecule has 0 aliphatic heterocycles. The van der Waals surface area contributed by atoms with Gasteiger partial charge in [-0.25, -0.2) is 8.42 Å². The molecule has 1 N–H and O–H groups in total. The Morgan fingerprint density at radius 2 is 1.71 bits per heavy atom. The summed E-state index contributed by atoms with van der Waals surface area (Å²) in [5, 5.41) is 8.60. The van der Waals surface area contributed by atoms with Crippen molar-refractivity contribution in [3.8, 4) is 0 Å². The number of carboxylic acid groups (broad SMARTS) is 1. The smallest absolute Gasteiger partial charge is 0.318 e. The summed E-state index contributed by atoms with van der Waals surface area (Å²) in [6.45, 7) is 3.04. The van der Waals surface area contributed by atoms with Crippen molar-refractivity contribution in [2.75, 3.05) is 13.6 Å². The zero-order chi connectivity index (χ0) is 13.2. The first-order chi connectivity index (χ1) is 7.73. The summed E-state index contributed by atoms with van der Waals surface area (Å²) in [6, 6.07) is 4.91. The van der Waals surface area contributed by atoms with E-state index < -0.39 is 22.5 Å². The first-order valence-corrected chi connectivity index (χ1v) is 6.44. The highest BCUT2D eigenvalue weighted by atomic mass is 32.2. The fraction of sp³-hybridized carbons (Fsp3) is 0.364. The van der Waals surface area contributed by atoms with Gasteiger partial charge in [-0.15, -0.1) is 0 Å². The number of rotatable bonds is 4. The van der Waals surface area contributed by atoms with E-state index in [4.69, 9.17) is 5.11 Å². The number of aryl methyl sites for hydroxylation is 2. The van der Waals surface area contributed by atoms with Crippen molar-refractivity contribution in [3.05, 3.63) is 29.3 Å². The van der Waals surface area contributed by atoms with Crippen LogP contribution in [0.25, 0.3) is 0 Å². The van der Waals surface area contributed by atoms with Crippen LogP contribution in [0.1, 0.15) is 11.1 Å². The molecule has 0 aromatic heterocycles. The van der Waals surface area contributed by atoms with Crippen molar-refractivity contribution in [2.24, 2.45) is 0 Å². The van der Waals surface area contributed by atoms with Crippen LogP contribution in [0.5, 0.6) is 0 Å². The molecule has 0 bridgehead atoms. The molecule has 0 aliphatic rings. The Bertz CT molecular complexity index is 516. The van der Waals surface area contributed by atoms with Crippen molar-refractivity contribution < 1.29 is 18.3 Å². The first kappa shape index (κ1) is 13.7. The Morgan fingerprint density at radius 1 is 1.24 bits per heavy atom. The maximum Gasteiger partial charge on any atom is 0.318 e. The summed E-state index contributed by atoms with van der Waals surface area (Å²) in [4.78, 5) is 10.6. The lowest BCUT2D eigenvalue weighted by atomic mass is 10.2. The van der Waals surface area contributed by atoms with Crippen LogP contribution in [0, 0.1) is 13.8 Å². The third-order valence-electron chi connectivity index (χ3n) is 2.26. The summed E-state index contributed by atoms with van der Waals surface area (Å²) < 4.78 is 24.9. The summed E-state index contributed by atoms with van der Waals surface area (Å²) >= 11 is 0. The molecule has 1 aromatic carbocycles. The fourth-order valence-corrected chi connectivity index (χ4v) is 2.85. The molecule has 0 unspecified atom stereocenters. The monoisotopic (exact) mass is 257 g/mol. The van der Waals surface area contributed by atoms with Gasteiger partial charge in [0.2, 0.25) is 10.0 Å². The highest BCUT2D eigenvalue weighted by molar-refractivity contribution is 7.89. The molecule has 0 atom stereocenters. The summed E-state index contributed by atoms with van der Waals surface area (Å²) in [7, 11) is -2.48. The molecule has 1 aromatic rings. The lowest BCUT2D eigenvalue weighted by Gasteiger charge is -2.15. The lowest BCUT2D eigenvalue weighted by molar-refractivity contribution is -0.137. The molecular formula is C11H15NO4S. The maximum absolute atomic E-state index is 12.0. The zero-order valence-corrected chi connectivity index (χ0v) is 10.8. The minimum absolute atomic E-state index is 0.124. The number of likely N-dealkylation sites (N-methyl/N-ethyl adjacent to an activating group) is 1. The van der Waals surface area contributed by atoms with Crippen LogP contribution in [0.4, 0.5) is 0 Å². The van der Waals surface area contributed by atoms with Gasteiger partial charge in [-0.2, -0.15) is 4.31 Å². The van der Waals surface area contributed by atoms with E-state index in [1.165, 1.54) is 19.2 Å². The molecule has 0 fully saturated rings. The van der Waals surface area contributed by atoms with Gasteiger partial charge in [-0.05, 0) is 37.1 Å². The van der Waals surface area contributed by atoms with Crippen LogP contribution < -0.4 is 0 Å². The Hall–Kier alpha value is -1.40. The van der Waals surface area contributed by atoms with Gasteiger partial charge in [-0.1, -0.05) is 6.07 Å². The van der Waals surface area contributed by atoms with E-state index in [0.717, 1.165) is 15.4 Å². The molecule has 0 amide bonds. The van der Waals surface area contributed by atoms with Crippen LogP contribution in [-0.2, 0) is 14.8 Å². The third kappa shape index (κ3) is 3.28. The van der Waals surface area contributed by atoms with E-state index >= 15 is 0 Å². The topological polar surface area (TPSA) is 74.7 Å². The Morgan fingerprint density at radius 3 is 2.12 bits per heavy atom. The highest BCUT2D eigenvalue weighted by Crippen LogP contribution is 2.17. The second-order valence-corrected chi connectivity index (χ2v) is 6.02. The summed E-state index contributed by atoms with van der Waals surface area (Å²) in [6.07, 6.45) is 0. The predicted octanol–water partition coefficient (Wildman–Crippen LogP) is 1.01. The number of nitrogens with zero attached hydrogens (tertiary/aromatic N) is 1. The van der Waals surface area contributed by atoms with Gasteiger partial charge in [0, 0.05) is 7.05 Å².